The van der Waals surface area contributed by atoms with Crippen LogP contribution in [-0.2, 0) is 6.54 Å². The third-order valence-corrected chi connectivity index (χ3v) is 2.74. The molecule has 0 aliphatic heterocycles. The minimum atomic E-state index is 0.810. The number of pyridine rings is 1. The molecule has 0 aliphatic carbocycles. The quantitative estimate of drug-likeness (QED) is 0.864. The van der Waals surface area contributed by atoms with Gasteiger partial charge in [0.25, 0.3) is 0 Å². The fourth-order valence-corrected chi connectivity index (χ4v) is 1.92. The predicted octanol–water partition coefficient (Wildman–Crippen LogP) is 3.76. The Kier molecular flexibility index (Phi) is 3.57. The second-order valence-electron chi connectivity index (χ2n) is 3.71. The Bertz CT molecular complexity index is 437. The molecule has 0 saturated carbocycles. The van der Waals surface area contributed by atoms with Gasteiger partial charge in [-0.2, -0.15) is 0 Å². The lowest BCUT2D eigenvalue weighted by Crippen LogP contribution is -1.99. The highest BCUT2D eigenvalue weighted by Gasteiger charge is 1.95. The molecule has 0 radical (unpaired) electrons. The summed E-state index contributed by atoms with van der Waals surface area (Å²) in [7, 11) is 0. The zero-order valence-electron chi connectivity index (χ0n) is 9.07. The van der Waals surface area contributed by atoms with Crippen LogP contribution in [0.15, 0.2) is 47.2 Å². The van der Waals surface area contributed by atoms with Crippen molar-refractivity contribution in [2.45, 2.75) is 13.5 Å². The van der Waals surface area contributed by atoms with Crippen LogP contribution in [0.5, 0.6) is 0 Å². The molecule has 0 unspecified atom stereocenters. The maximum atomic E-state index is 4.10. The molecule has 2 rings (SSSR count). The molecule has 2 aromatic rings. The molecule has 0 spiro atoms. The summed E-state index contributed by atoms with van der Waals surface area (Å²) in [6.07, 6.45) is 1.80. The van der Waals surface area contributed by atoms with Crippen molar-refractivity contribution in [1.29, 1.82) is 0 Å². The largest absolute Gasteiger partial charge is 0.381 e. The Morgan fingerprint density at radius 3 is 2.88 bits per heavy atom. The average molecular weight is 277 g/mol. The summed E-state index contributed by atoms with van der Waals surface area (Å²) in [6.45, 7) is 2.90. The number of anilines is 1. The minimum Gasteiger partial charge on any atom is -0.381 e. The van der Waals surface area contributed by atoms with Gasteiger partial charge in [0.1, 0.15) is 4.60 Å². The van der Waals surface area contributed by atoms with Gasteiger partial charge < -0.3 is 5.32 Å². The van der Waals surface area contributed by atoms with Crippen molar-refractivity contribution in [3.05, 3.63) is 58.3 Å². The highest BCUT2D eigenvalue weighted by molar-refractivity contribution is 9.10. The monoisotopic (exact) mass is 276 g/mol. The number of nitrogens with one attached hydrogen (secondary N) is 1. The van der Waals surface area contributed by atoms with Gasteiger partial charge in [0, 0.05) is 18.4 Å². The molecule has 1 aromatic carbocycles. The van der Waals surface area contributed by atoms with Crippen LogP contribution in [0.3, 0.4) is 0 Å². The van der Waals surface area contributed by atoms with Crippen molar-refractivity contribution in [3.8, 4) is 0 Å². The molecule has 3 heteroatoms. The van der Waals surface area contributed by atoms with Crippen LogP contribution in [0.25, 0.3) is 0 Å². The van der Waals surface area contributed by atoms with Crippen LogP contribution in [0.2, 0.25) is 0 Å². The first-order valence-corrected chi connectivity index (χ1v) is 5.94. The van der Waals surface area contributed by atoms with Crippen molar-refractivity contribution in [3.63, 3.8) is 0 Å². The van der Waals surface area contributed by atoms with Crippen molar-refractivity contribution in [2.24, 2.45) is 0 Å². The van der Waals surface area contributed by atoms with E-state index in [1.165, 1.54) is 11.1 Å². The Labute approximate surface area is 104 Å². The van der Waals surface area contributed by atoms with E-state index in [-0.39, 0.29) is 0 Å². The highest BCUT2D eigenvalue weighted by Crippen LogP contribution is 2.13. The first-order chi connectivity index (χ1) is 7.74. The van der Waals surface area contributed by atoms with E-state index in [4.69, 9.17) is 0 Å². The topological polar surface area (TPSA) is 24.9 Å². The van der Waals surface area contributed by atoms with E-state index in [1.54, 1.807) is 6.20 Å². The van der Waals surface area contributed by atoms with Gasteiger partial charge in [-0.1, -0.05) is 12.1 Å². The number of rotatable bonds is 3. The normalized spacial score (nSPS) is 10.1. The van der Waals surface area contributed by atoms with Gasteiger partial charge >= 0.3 is 0 Å². The Hall–Kier alpha value is -1.35. The fourth-order valence-electron chi connectivity index (χ4n) is 1.51. The first-order valence-electron chi connectivity index (χ1n) is 5.15. The maximum Gasteiger partial charge on any atom is 0.106 e. The van der Waals surface area contributed by atoms with Gasteiger partial charge in [0.2, 0.25) is 0 Å². The molecule has 0 atom stereocenters. The highest BCUT2D eigenvalue weighted by atomic mass is 79.9. The van der Waals surface area contributed by atoms with E-state index in [0.29, 0.717) is 0 Å². The molecule has 0 bridgehead atoms. The van der Waals surface area contributed by atoms with Crippen molar-refractivity contribution >= 4 is 21.6 Å². The van der Waals surface area contributed by atoms with Gasteiger partial charge in [-0.3, -0.25) is 0 Å². The second kappa shape index (κ2) is 5.12. The van der Waals surface area contributed by atoms with E-state index >= 15 is 0 Å². The Morgan fingerprint density at radius 1 is 1.25 bits per heavy atom. The standard InChI is InChI=1S/C13H13BrN2/c1-10-3-2-4-12(7-10)16-9-11-5-6-15-13(14)8-11/h2-8,16H,9H2,1H3. The van der Waals surface area contributed by atoms with Crippen molar-refractivity contribution < 1.29 is 0 Å². The number of benzene rings is 1. The zero-order valence-corrected chi connectivity index (χ0v) is 10.7. The molecule has 1 aromatic heterocycles. The van der Waals surface area contributed by atoms with Crippen LogP contribution in [-0.4, -0.2) is 4.98 Å². The molecule has 0 saturated heterocycles. The minimum absolute atomic E-state index is 0.810. The number of hydrogen-bond acceptors (Lipinski definition) is 2. The maximum absolute atomic E-state index is 4.10. The summed E-state index contributed by atoms with van der Waals surface area (Å²) in [5, 5.41) is 3.38. The van der Waals surface area contributed by atoms with Crippen molar-refractivity contribution in [1.82, 2.24) is 4.98 Å². The van der Waals surface area contributed by atoms with E-state index in [2.05, 4.69) is 57.4 Å². The molecule has 82 valence electrons. The molecular weight excluding hydrogens is 264 g/mol. The summed E-state index contributed by atoms with van der Waals surface area (Å²) >= 11 is 3.36. The van der Waals surface area contributed by atoms with Gasteiger partial charge in [-0.05, 0) is 58.2 Å². The smallest absolute Gasteiger partial charge is 0.106 e. The summed E-state index contributed by atoms with van der Waals surface area (Å²) in [5.74, 6) is 0. The Morgan fingerprint density at radius 2 is 2.12 bits per heavy atom. The van der Waals surface area contributed by atoms with Gasteiger partial charge in [0.05, 0.1) is 0 Å². The van der Waals surface area contributed by atoms with Crippen LogP contribution in [0.4, 0.5) is 5.69 Å². The predicted molar refractivity (Wildman–Crippen MR) is 70.4 cm³/mol. The summed E-state index contributed by atoms with van der Waals surface area (Å²) < 4.78 is 0.871. The lowest BCUT2D eigenvalue weighted by atomic mass is 10.2. The van der Waals surface area contributed by atoms with Crippen LogP contribution >= 0.6 is 15.9 Å². The lowest BCUT2D eigenvalue weighted by Gasteiger charge is -2.07. The summed E-state index contributed by atoms with van der Waals surface area (Å²) in [5.41, 5.74) is 3.62. The lowest BCUT2D eigenvalue weighted by molar-refractivity contribution is 1.11. The summed E-state index contributed by atoms with van der Waals surface area (Å²) in [4.78, 5) is 4.10. The molecule has 0 aliphatic rings. The average Bonchev–Trinajstić information content (AvgIpc) is 2.27. The summed E-state index contributed by atoms with van der Waals surface area (Å²) in [6, 6.07) is 12.4. The number of hydrogen-bond donors (Lipinski definition) is 1. The van der Waals surface area contributed by atoms with E-state index in [1.807, 2.05) is 12.1 Å². The fraction of sp³-hybridized carbons (Fsp3) is 0.154. The van der Waals surface area contributed by atoms with E-state index < -0.39 is 0 Å². The zero-order chi connectivity index (χ0) is 11.4. The van der Waals surface area contributed by atoms with Crippen LogP contribution < -0.4 is 5.32 Å². The molecule has 2 nitrogen and oxygen atoms in total. The molecule has 0 fully saturated rings. The van der Waals surface area contributed by atoms with Crippen LogP contribution in [0, 0.1) is 6.92 Å². The van der Waals surface area contributed by atoms with E-state index in [9.17, 15) is 0 Å². The number of halogens is 1. The molecule has 1 N–H and O–H groups in total. The van der Waals surface area contributed by atoms with Crippen molar-refractivity contribution in [2.75, 3.05) is 5.32 Å². The second-order valence-corrected chi connectivity index (χ2v) is 4.52. The molecule has 1 heterocycles. The number of aromatic nitrogens is 1. The van der Waals surface area contributed by atoms with Gasteiger partial charge in [-0.15, -0.1) is 0 Å². The third kappa shape index (κ3) is 3.07. The molecular formula is C13H13BrN2. The Balaban J connectivity index is 2.02. The molecule has 16 heavy (non-hydrogen) atoms. The van der Waals surface area contributed by atoms with Gasteiger partial charge in [0.15, 0.2) is 0 Å². The SMILES string of the molecule is Cc1cccc(NCc2ccnc(Br)c2)c1. The first kappa shape index (κ1) is 11.1. The third-order valence-electron chi connectivity index (χ3n) is 2.31. The number of aryl methyl sites for hydroxylation is 1. The van der Waals surface area contributed by atoms with Gasteiger partial charge in [-0.25, -0.2) is 4.98 Å². The van der Waals surface area contributed by atoms with E-state index in [0.717, 1.165) is 16.8 Å². The van der Waals surface area contributed by atoms with Crippen LogP contribution in [0.1, 0.15) is 11.1 Å². The number of nitrogens with zero attached hydrogens (tertiary/aromatic N) is 1. The molecule has 0 amide bonds.